The molecule has 0 saturated heterocycles. The highest BCUT2D eigenvalue weighted by atomic mass is 19.4. The first kappa shape index (κ1) is 18.3. The number of hydrogen-bond donors (Lipinski definition) is 1. The van der Waals surface area contributed by atoms with Crippen molar-refractivity contribution in [1.82, 2.24) is 5.32 Å². The van der Waals surface area contributed by atoms with Gasteiger partial charge in [0.05, 0.1) is 11.6 Å². The topological polar surface area (TPSA) is 38.3 Å². The minimum atomic E-state index is -4.41. The Morgan fingerprint density at radius 2 is 1.92 bits per heavy atom. The van der Waals surface area contributed by atoms with Crippen molar-refractivity contribution in [2.45, 2.75) is 38.4 Å². The zero-order valence-corrected chi connectivity index (χ0v) is 14.4. The maximum atomic E-state index is 12.8. The largest absolute Gasteiger partial charge is 0.484 e. The molecule has 1 atom stereocenters. The molecular formula is C20H20F3NO2. The Morgan fingerprint density at radius 1 is 1.15 bits per heavy atom. The van der Waals surface area contributed by atoms with Gasteiger partial charge in [-0.15, -0.1) is 0 Å². The molecule has 2 aromatic rings. The van der Waals surface area contributed by atoms with Crippen LogP contribution in [0.2, 0.25) is 0 Å². The molecule has 3 nitrogen and oxygen atoms in total. The molecule has 0 aromatic heterocycles. The molecule has 0 aliphatic heterocycles. The van der Waals surface area contributed by atoms with Crippen LogP contribution in [0.5, 0.6) is 5.75 Å². The number of rotatable bonds is 5. The molecule has 0 fully saturated rings. The third-order valence-electron chi connectivity index (χ3n) is 4.53. The summed E-state index contributed by atoms with van der Waals surface area (Å²) in [5, 5.41) is 2.67. The molecule has 26 heavy (non-hydrogen) atoms. The summed E-state index contributed by atoms with van der Waals surface area (Å²) in [5.41, 5.74) is 2.23. The molecule has 1 aliphatic rings. The van der Waals surface area contributed by atoms with Crippen LogP contribution in [0.3, 0.4) is 0 Å². The van der Waals surface area contributed by atoms with Crippen LogP contribution in [-0.4, -0.2) is 12.5 Å². The molecule has 0 spiro atoms. The molecule has 0 saturated carbocycles. The summed E-state index contributed by atoms with van der Waals surface area (Å²) >= 11 is 0. The van der Waals surface area contributed by atoms with Gasteiger partial charge in [-0.3, -0.25) is 4.79 Å². The van der Waals surface area contributed by atoms with Crippen molar-refractivity contribution < 1.29 is 22.7 Å². The smallest absolute Gasteiger partial charge is 0.416 e. The average Bonchev–Trinajstić information content (AvgIpc) is 3.07. The van der Waals surface area contributed by atoms with Crippen LogP contribution in [0.15, 0.2) is 42.5 Å². The first-order valence-corrected chi connectivity index (χ1v) is 8.54. The molecule has 0 radical (unpaired) electrons. The molecule has 1 unspecified atom stereocenters. The number of halogens is 3. The molecule has 138 valence electrons. The van der Waals surface area contributed by atoms with Crippen molar-refractivity contribution >= 4 is 5.91 Å². The van der Waals surface area contributed by atoms with Gasteiger partial charge in [-0.1, -0.05) is 18.2 Å². The van der Waals surface area contributed by atoms with E-state index in [-0.39, 0.29) is 12.5 Å². The number of alkyl halides is 3. The highest BCUT2D eigenvalue weighted by Crippen LogP contribution is 2.30. The molecular weight excluding hydrogens is 343 g/mol. The number of amides is 1. The minimum Gasteiger partial charge on any atom is -0.484 e. The fourth-order valence-electron chi connectivity index (χ4n) is 3.14. The molecule has 0 bridgehead atoms. The highest BCUT2D eigenvalue weighted by molar-refractivity contribution is 5.78. The predicted molar refractivity (Wildman–Crippen MR) is 92.0 cm³/mol. The predicted octanol–water partition coefficient (Wildman–Crippen LogP) is 4.45. The number of fused-ring (bicyclic) bond motifs is 1. The third-order valence-corrected chi connectivity index (χ3v) is 4.53. The zero-order valence-electron chi connectivity index (χ0n) is 14.4. The Balaban J connectivity index is 1.56. The van der Waals surface area contributed by atoms with E-state index in [4.69, 9.17) is 4.74 Å². The summed E-state index contributed by atoms with van der Waals surface area (Å²) in [4.78, 5) is 12.1. The van der Waals surface area contributed by atoms with E-state index in [9.17, 15) is 18.0 Å². The van der Waals surface area contributed by atoms with Crippen LogP contribution in [-0.2, 0) is 23.8 Å². The number of aryl methyl sites for hydroxylation is 2. The van der Waals surface area contributed by atoms with Crippen LogP contribution < -0.4 is 10.1 Å². The van der Waals surface area contributed by atoms with E-state index < -0.39 is 17.8 Å². The fraction of sp³-hybridized carbons (Fsp3) is 0.350. The summed E-state index contributed by atoms with van der Waals surface area (Å²) in [6, 6.07) is 10.2. The number of nitrogens with one attached hydrogen (secondary N) is 1. The Kier molecular flexibility index (Phi) is 5.20. The van der Waals surface area contributed by atoms with Crippen LogP contribution >= 0.6 is 0 Å². The molecule has 0 heterocycles. The molecule has 1 amide bonds. The first-order valence-electron chi connectivity index (χ1n) is 8.54. The molecule has 3 rings (SSSR count). The van der Waals surface area contributed by atoms with Crippen molar-refractivity contribution in [3.05, 3.63) is 64.7 Å². The Bertz CT molecular complexity index is 802. The summed E-state index contributed by atoms with van der Waals surface area (Å²) < 4.78 is 43.9. The lowest BCUT2D eigenvalue weighted by Crippen LogP contribution is -2.31. The van der Waals surface area contributed by atoms with Gasteiger partial charge < -0.3 is 10.1 Å². The second-order valence-corrected chi connectivity index (χ2v) is 6.49. The summed E-state index contributed by atoms with van der Waals surface area (Å²) in [7, 11) is 0. The van der Waals surface area contributed by atoms with Crippen molar-refractivity contribution in [2.75, 3.05) is 6.61 Å². The number of hydrogen-bond acceptors (Lipinski definition) is 2. The number of carbonyl (C=O) groups is 1. The van der Waals surface area contributed by atoms with Gasteiger partial charge in [0.15, 0.2) is 6.61 Å². The standard InChI is InChI=1S/C20H20F3NO2/c1-13(15-5-3-7-17(10-15)20(21,22)23)24-19(25)12-26-18-9-8-14-4-2-6-16(14)11-18/h3,5,7-11,13H,2,4,6,12H2,1H3,(H,24,25). The van der Waals surface area contributed by atoms with E-state index in [0.717, 1.165) is 31.4 Å². The van der Waals surface area contributed by atoms with E-state index in [1.807, 2.05) is 18.2 Å². The van der Waals surface area contributed by atoms with Gasteiger partial charge in [-0.25, -0.2) is 0 Å². The lowest BCUT2D eigenvalue weighted by Gasteiger charge is -2.16. The third kappa shape index (κ3) is 4.36. The summed E-state index contributed by atoms with van der Waals surface area (Å²) in [5.74, 6) is 0.253. The normalized spacial score (nSPS) is 14.6. The van der Waals surface area contributed by atoms with Crippen molar-refractivity contribution in [3.8, 4) is 5.75 Å². The van der Waals surface area contributed by atoms with Gasteiger partial charge in [0, 0.05) is 0 Å². The van der Waals surface area contributed by atoms with Crippen LogP contribution in [0.25, 0.3) is 0 Å². The van der Waals surface area contributed by atoms with E-state index in [0.29, 0.717) is 11.3 Å². The van der Waals surface area contributed by atoms with Gasteiger partial charge >= 0.3 is 6.18 Å². The number of benzene rings is 2. The highest BCUT2D eigenvalue weighted by Gasteiger charge is 2.30. The molecule has 1 aliphatic carbocycles. The lowest BCUT2D eigenvalue weighted by molar-refractivity contribution is -0.137. The SMILES string of the molecule is CC(NC(=O)COc1ccc2c(c1)CCC2)c1cccc(C(F)(F)F)c1. The van der Waals surface area contributed by atoms with Crippen molar-refractivity contribution in [1.29, 1.82) is 0 Å². The Labute approximate surface area is 150 Å². The van der Waals surface area contributed by atoms with E-state index in [1.165, 1.54) is 17.2 Å². The second kappa shape index (κ2) is 7.40. The summed E-state index contributed by atoms with van der Waals surface area (Å²) in [6.45, 7) is 1.46. The Morgan fingerprint density at radius 3 is 2.69 bits per heavy atom. The van der Waals surface area contributed by atoms with Gasteiger partial charge in [0.2, 0.25) is 0 Å². The number of carbonyl (C=O) groups excluding carboxylic acids is 1. The van der Waals surface area contributed by atoms with Crippen LogP contribution in [0, 0.1) is 0 Å². The lowest BCUT2D eigenvalue weighted by atomic mass is 10.0. The maximum Gasteiger partial charge on any atom is 0.416 e. The minimum absolute atomic E-state index is 0.178. The average molecular weight is 363 g/mol. The van der Waals surface area contributed by atoms with Crippen LogP contribution in [0.1, 0.15) is 41.6 Å². The van der Waals surface area contributed by atoms with Crippen molar-refractivity contribution in [2.24, 2.45) is 0 Å². The second-order valence-electron chi connectivity index (χ2n) is 6.49. The quantitative estimate of drug-likeness (QED) is 0.852. The number of ether oxygens (including phenoxy) is 1. The monoisotopic (exact) mass is 363 g/mol. The van der Waals surface area contributed by atoms with E-state index in [2.05, 4.69) is 5.32 Å². The van der Waals surface area contributed by atoms with Gasteiger partial charge in [-0.2, -0.15) is 13.2 Å². The molecule has 6 heteroatoms. The fourth-order valence-corrected chi connectivity index (χ4v) is 3.14. The van der Waals surface area contributed by atoms with Gasteiger partial charge in [0.25, 0.3) is 5.91 Å². The zero-order chi connectivity index (χ0) is 18.7. The van der Waals surface area contributed by atoms with Crippen molar-refractivity contribution in [3.63, 3.8) is 0 Å². The maximum absolute atomic E-state index is 12.8. The van der Waals surface area contributed by atoms with E-state index in [1.54, 1.807) is 13.0 Å². The first-order chi connectivity index (χ1) is 12.3. The molecule has 2 aromatic carbocycles. The van der Waals surface area contributed by atoms with Gasteiger partial charge in [0.1, 0.15) is 5.75 Å². The van der Waals surface area contributed by atoms with E-state index >= 15 is 0 Å². The van der Waals surface area contributed by atoms with Gasteiger partial charge in [-0.05, 0) is 67.1 Å². The molecule has 1 N–H and O–H groups in total. The summed E-state index contributed by atoms with van der Waals surface area (Å²) in [6.07, 6.45) is -1.18. The van der Waals surface area contributed by atoms with Crippen LogP contribution in [0.4, 0.5) is 13.2 Å². The Hall–Kier alpha value is -2.50.